The van der Waals surface area contributed by atoms with Crippen molar-refractivity contribution in [3.8, 4) is 11.5 Å². The maximum atomic E-state index is 12.4. The van der Waals surface area contributed by atoms with Crippen LogP contribution in [0.25, 0.3) is 11.5 Å². The van der Waals surface area contributed by atoms with Crippen LogP contribution in [0.15, 0.2) is 28.7 Å². The number of oxazole rings is 1. The lowest BCUT2D eigenvalue weighted by molar-refractivity contribution is -0.117. The third-order valence-corrected chi connectivity index (χ3v) is 5.12. The van der Waals surface area contributed by atoms with E-state index in [9.17, 15) is 4.79 Å². The Bertz CT molecular complexity index is 713. The molecule has 1 aliphatic heterocycles. The highest BCUT2D eigenvalue weighted by molar-refractivity contribution is 5.91. The molecule has 5 nitrogen and oxygen atoms in total. The van der Waals surface area contributed by atoms with Gasteiger partial charge in [-0.25, -0.2) is 4.98 Å². The zero-order valence-corrected chi connectivity index (χ0v) is 15.3. The van der Waals surface area contributed by atoms with E-state index in [0.29, 0.717) is 24.1 Å². The molecule has 3 rings (SSSR count). The lowest BCUT2D eigenvalue weighted by Gasteiger charge is -2.27. The molecule has 25 heavy (non-hydrogen) atoms. The van der Waals surface area contributed by atoms with Crippen molar-refractivity contribution in [2.45, 2.75) is 40.0 Å². The third kappa shape index (κ3) is 4.48. The smallest absolute Gasteiger partial charge is 0.226 e. The van der Waals surface area contributed by atoms with E-state index in [4.69, 9.17) is 4.42 Å². The van der Waals surface area contributed by atoms with E-state index < -0.39 is 0 Å². The lowest BCUT2D eigenvalue weighted by Crippen LogP contribution is -2.32. The Morgan fingerprint density at radius 2 is 2.12 bits per heavy atom. The largest absolute Gasteiger partial charge is 0.441 e. The summed E-state index contributed by atoms with van der Waals surface area (Å²) in [6.45, 7) is 8.14. The lowest BCUT2D eigenvalue weighted by atomic mass is 9.84. The Kier molecular flexibility index (Phi) is 5.53. The number of amides is 1. The molecule has 2 N–H and O–H groups in total. The van der Waals surface area contributed by atoms with E-state index in [0.717, 1.165) is 48.6 Å². The maximum absolute atomic E-state index is 12.4. The molecule has 1 atom stereocenters. The van der Waals surface area contributed by atoms with Crippen LogP contribution in [0, 0.1) is 25.7 Å². The summed E-state index contributed by atoms with van der Waals surface area (Å²) in [5, 5.41) is 6.39. The molecule has 0 bridgehead atoms. The predicted molar refractivity (Wildman–Crippen MR) is 99.4 cm³/mol. The summed E-state index contributed by atoms with van der Waals surface area (Å²) in [5.74, 6) is 2.52. The molecule has 1 unspecified atom stereocenters. The molecule has 1 aliphatic rings. The van der Waals surface area contributed by atoms with Gasteiger partial charge < -0.3 is 15.1 Å². The van der Waals surface area contributed by atoms with Crippen molar-refractivity contribution in [1.29, 1.82) is 0 Å². The molecule has 2 heterocycles. The van der Waals surface area contributed by atoms with Crippen LogP contribution < -0.4 is 10.6 Å². The van der Waals surface area contributed by atoms with Crippen molar-refractivity contribution in [2.75, 3.05) is 18.4 Å². The fourth-order valence-corrected chi connectivity index (χ4v) is 3.41. The minimum atomic E-state index is 0.0722. The van der Waals surface area contributed by atoms with E-state index in [-0.39, 0.29) is 5.91 Å². The van der Waals surface area contributed by atoms with Crippen LogP contribution >= 0.6 is 0 Å². The molecule has 0 aliphatic carbocycles. The van der Waals surface area contributed by atoms with E-state index in [2.05, 4.69) is 22.5 Å². The van der Waals surface area contributed by atoms with Crippen LogP contribution in [0.5, 0.6) is 0 Å². The van der Waals surface area contributed by atoms with Gasteiger partial charge in [-0.1, -0.05) is 13.0 Å². The summed E-state index contributed by atoms with van der Waals surface area (Å²) in [6, 6.07) is 7.67. The molecule has 1 aromatic heterocycles. The first-order valence-electron chi connectivity index (χ1n) is 9.08. The monoisotopic (exact) mass is 341 g/mol. The van der Waals surface area contributed by atoms with Gasteiger partial charge in [-0.15, -0.1) is 0 Å². The average molecular weight is 341 g/mol. The number of aryl methyl sites for hydroxylation is 2. The highest BCUT2D eigenvalue weighted by atomic mass is 16.4. The van der Waals surface area contributed by atoms with Gasteiger partial charge in [0.05, 0.1) is 5.69 Å². The van der Waals surface area contributed by atoms with Gasteiger partial charge in [-0.3, -0.25) is 4.79 Å². The number of hydrogen-bond donors (Lipinski definition) is 2. The molecule has 1 amide bonds. The Morgan fingerprint density at radius 1 is 1.36 bits per heavy atom. The molecule has 1 saturated heterocycles. The van der Waals surface area contributed by atoms with Crippen LogP contribution in [-0.2, 0) is 4.79 Å². The van der Waals surface area contributed by atoms with Crippen LogP contribution in [-0.4, -0.2) is 24.0 Å². The maximum Gasteiger partial charge on any atom is 0.226 e. The Balaban J connectivity index is 1.62. The summed E-state index contributed by atoms with van der Waals surface area (Å²) >= 11 is 0. The molecular weight excluding hydrogens is 314 g/mol. The van der Waals surface area contributed by atoms with Gasteiger partial charge in [-0.2, -0.15) is 0 Å². The second-order valence-electron chi connectivity index (χ2n) is 7.06. The van der Waals surface area contributed by atoms with Gasteiger partial charge in [-0.05, 0) is 69.8 Å². The fourth-order valence-electron chi connectivity index (χ4n) is 3.41. The predicted octanol–water partition coefficient (Wildman–Crippen LogP) is 3.92. The zero-order chi connectivity index (χ0) is 17.8. The number of anilines is 1. The number of nitrogens with one attached hydrogen (secondary N) is 2. The van der Waals surface area contributed by atoms with E-state index >= 15 is 0 Å². The van der Waals surface area contributed by atoms with Gasteiger partial charge in [0.25, 0.3) is 0 Å². The topological polar surface area (TPSA) is 67.2 Å². The van der Waals surface area contributed by atoms with Crippen molar-refractivity contribution in [2.24, 2.45) is 11.8 Å². The first kappa shape index (κ1) is 17.7. The Hall–Kier alpha value is -2.14. The van der Waals surface area contributed by atoms with Crippen molar-refractivity contribution < 1.29 is 9.21 Å². The van der Waals surface area contributed by atoms with Crippen LogP contribution in [0.4, 0.5) is 5.69 Å². The van der Waals surface area contributed by atoms with Crippen LogP contribution in [0.2, 0.25) is 0 Å². The number of carbonyl (C=O) groups excluding carboxylic acids is 1. The van der Waals surface area contributed by atoms with Crippen molar-refractivity contribution in [3.63, 3.8) is 0 Å². The number of benzene rings is 1. The molecule has 2 aromatic rings. The van der Waals surface area contributed by atoms with Gasteiger partial charge in [0.2, 0.25) is 11.8 Å². The van der Waals surface area contributed by atoms with E-state index in [1.54, 1.807) is 0 Å². The molecule has 1 fully saturated rings. The number of rotatable bonds is 5. The van der Waals surface area contributed by atoms with Crippen molar-refractivity contribution >= 4 is 11.6 Å². The molecule has 1 aromatic carbocycles. The standard InChI is InChI=1S/C20H27N3O2/c1-13(16-7-9-21-10-8-16)11-19(24)23-18-6-4-5-17(12-18)20-22-14(2)15(3)25-20/h4-6,12-13,16,21H,7-11H2,1-3H3,(H,23,24). The zero-order valence-electron chi connectivity index (χ0n) is 15.3. The number of piperidine rings is 1. The number of hydrogen-bond acceptors (Lipinski definition) is 4. The van der Waals surface area contributed by atoms with Crippen molar-refractivity contribution in [1.82, 2.24) is 10.3 Å². The van der Waals surface area contributed by atoms with Crippen LogP contribution in [0.1, 0.15) is 37.6 Å². The van der Waals surface area contributed by atoms with Gasteiger partial charge in [0.15, 0.2) is 0 Å². The van der Waals surface area contributed by atoms with Crippen molar-refractivity contribution in [3.05, 3.63) is 35.7 Å². The summed E-state index contributed by atoms with van der Waals surface area (Å²) in [4.78, 5) is 16.8. The molecule has 5 heteroatoms. The normalized spacial score (nSPS) is 16.6. The summed E-state index contributed by atoms with van der Waals surface area (Å²) < 4.78 is 5.67. The second kappa shape index (κ2) is 7.83. The highest BCUT2D eigenvalue weighted by Crippen LogP contribution is 2.26. The number of nitrogens with zero attached hydrogens (tertiary/aromatic N) is 1. The summed E-state index contributed by atoms with van der Waals surface area (Å²) in [5.41, 5.74) is 2.55. The van der Waals surface area contributed by atoms with Gasteiger partial charge in [0, 0.05) is 17.7 Å². The molecule has 0 saturated carbocycles. The minimum Gasteiger partial charge on any atom is -0.441 e. The average Bonchev–Trinajstić information content (AvgIpc) is 2.95. The Morgan fingerprint density at radius 3 is 2.80 bits per heavy atom. The van der Waals surface area contributed by atoms with Gasteiger partial charge in [0.1, 0.15) is 5.76 Å². The van der Waals surface area contributed by atoms with Crippen LogP contribution in [0.3, 0.4) is 0 Å². The third-order valence-electron chi connectivity index (χ3n) is 5.12. The summed E-state index contributed by atoms with van der Waals surface area (Å²) in [6.07, 6.45) is 2.88. The van der Waals surface area contributed by atoms with E-state index in [1.165, 1.54) is 0 Å². The first-order chi connectivity index (χ1) is 12.0. The number of aromatic nitrogens is 1. The second-order valence-corrected chi connectivity index (χ2v) is 7.06. The molecule has 0 radical (unpaired) electrons. The SMILES string of the molecule is Cc1nc(-c2cccc(NC(=O)CC(C)C3CCNCC3)c2)oc1C. The molecule has 0 spiro atoms. The quantitative estimate of drug-likeness (QED) is 0.865. The number of carbonyl (C=O) groups is 1. The summed E-state index contributed by atoms with van der Waals surface area (Å²) in [7, 11) is 0. The molecule has 134 valence electrons. The Labute approximate surface area is 149 Å². The minimum absolute atomic E-state index is 0.0722. The van der Waals surface area contributed by atoms with Gasteiger partial charge >= 0.3 is 0 Å². The fraction of sp³-hybridized carbons (Fsp3) is 0.500. The first-order valence-corrected chi connectivity index (χ1v) is 9.08. The van der Waals surface area contributed by atoms with E-state index in [1.807, 2.05) is 38.1 Å². The molecular formula is C20H27N3O2. The highest BCUT2D eigenvalue weighted by Gasteiger charge is 2.22.